The molecule has 1 aliphatic heterocycles. The van der Waals surface area contributed by atoms with E-state index < -0.39 is 0 Å². The van der Waals surface area contributed by atoms with Crippen molar-refractivity contribution >= 4 is 28.4 Å². The van der Waals surface area contributed by atoms with Gasteiger partial charge >= 0.3 is 0 Å². The quantitative estimate of drug-likeness (QED) is 0.379. The lowest BCUT2D eigenvalue weighted by Gasteiger charge is -2.37. The summed E-state index contributed by atoms with van der Waals surface area (Å²) >= 11 is 0. The Labute approximate surface area is 209 Å². The summed E-state index contributed by atoms with van der Waals surface area (Å²) in [4.78, 5) is 26.2. The second kappa shape index (κ2) is 10.6. The van der Waals surface area contributed by atoms with Crippen LogP contribution in [-0.4, -0.2) is 79.2 Å². The molecular weight excluding hydrogens is 458 g/mol. The Balaban J connectivity index is 1.34. The highest BCUT2D eigenvalue weighted by atomic mass is 16.5. The number of ether oxygens (including phenoxy) is 2. The van der Waals surface area contributed by atoms with E-state index in [0.717, 1.165) is 60.2 Å². The average molecular weight is 488 g/mol. The third-order valence-corrected chi connectivity index (χ3v) is 6.30. The first-order valence-electron chi connectivity index (χ1n) is 11.9. The SMILES string of the molecule is COCCNC(=O)c1ccc(OC)c(N2CCN(c3ncnc4c3cnn4-c3ccccc3)CC2)c1. The number of nitrogens with one attached hydrogen (secondary N) is 1. The number of carbonyl (C=O) groups excluding carboxylic acids is 1. The van der Waals surface area contributed by atoms with E-state index in [9.17, 15) is 4.79 Å². The molecule has 3 heterocycles. The molecule has 2 aromatic heterocycles. The number of aromatic nitrogens is 4. The molecule has 0 saturated carbocycles. The second-order valence-electron chi connectivity index (χ2n) is 8.44. The van der Waals surface area contributed by atoms with Crippen LogP contribution in [0, 0.1) is 0 Å². The molecule has 0 radical (unpaired) electrons. The molecule has 1 fully saturated rings. The lowest BCUT2D eigenvalue weighted by molar-refractivity contribution is 0.0937. The van der Waals surface area contributed by atoms with Gasteiger partial charge in [0.15, 0.2) is 5.65 Å². The largest absolute Gasteiger partial charge is 0.495 e. The number of hydrogen-bond acceptors (Lipinski definition) is 8. The molecule has 36 heavy (non-hydrogen) atoms. The average Bonchev–Trinajstić information content (AvgIpc) is 3.38. The van der Waals surface area contributed by atoms with E-state index in [-0.39, 0.29) is 5.91 Å². The van der Waals surface area contributed by atoms with Crippen LogP contribution in [0.3, 0.4) is 0 Å². The van der Waals surface area contributed by atoms with Gasteiger partial charge in [-0.3, -0.25) is 4.79 Å². The first-order chi connectivity index (χ1) is 17.7. The van der Waals surface area contributed by atoms with Gasteiger partial charge in [0.2, 0.25) is 0 Å². The Hall–Kier alpha value is -4.18. The molecule has 0 atom stereocenters. The lowest BCUT2D eigenvalue weighted by atomic mass is 10.1. The van der Waals surface area contributed by atoms with Crippen molar-refractivity contribution in [3.63, 3.8) is 0 Å². The number of benzene rings is 2. The summed E-state index contributed by atoms with van der Waals surface area (Å²) in [6.07, 6.45) is 3.43. The molecule has 0 spiro atoms. The van der Waals surface area contributed by atoms with Crippen molar-refractivity contribution in [3.05, 3.63) is 66.6 Å². The Bertz CT molecular complexity index is 1330. The van der Waals surface area contributed by atoms with Gasteiger partial charge in [-0.2, -0.15) is 5.10 Å². The summed E-state index contributed by atoms with van der Waals surface area (Å²) in [5, 5.41) is 8.37. The fourth-order valence-corrected chi connectivity index (χ4v) is 4.45. The molecule has 1 saturated heterocycles. The van der Waals surface area contributed by atoms with Gasteiger partial charge in [0.25, 0.3) is 5.91 Å². The van der Waals surface area contributed by atoms with Crippen LogP contribution in [0.4, 0.5) is 11.5 Å². The van der Waals surface area contributed by atoms with E-state index in [1.165, 1.54) is 0 Å². The summed E-state index contributed by atoms with van der Waals surface area (Å²) in [7, 11) is 3.26. The fraction of sp³-hybridized carbons (Fsp3) is 0.308. The number of amides is 1. The molecule has 1 amide bonds. The maximum absolute atomic E-state index is 12.6. The van der Waals surface area contributed by atoms with Crippen LogP contribution >= 0.6 is 0 Å². The van der Waals surface area contributed by atoms with E-state index in [2.05, 4.69) is 30.2 Å². The van der Waals surface area contributed by atoms with Crippen molar-refractivity contribution in [1.82, 2.24) is 25.1 Å². The normalized spacial score (nSPS) is 13.7. The van der Waals surface area contributed by atoms with Gasteiger partial charge in [-0.05, 0) is 30.3 Å². The van der Waals surface area contributed by atoms with Crippen LogP contribution in [0.15, 0.2) is 61.1 Å². The molecule has 2 aromatic carbocycles. The standard InChI is InChI=1S/C26H29N7O3/c1-35-15-10-27-26(34)19-8-9-23(36-2)22(16-19)31-11-13-32(14-12-31)24-21-17-30-33(25(21)29-18-28-24)20-6-4-3-5-7-20/h3-9,16-18H,10-15H2,1-2H3,(H,27,34). The molecule has 5 rings (SSSR count). The predicted octanol–water partition coefficient (Wildman–Crippen LogP) is 2.53. The molecule has 0 unspecified atom stereocenters. The van der Waals surface area contributed by atoms with Gasteiger partial charge in [0.05, 0.1) is 36.7 Å². The van der Waals surface area contributed by atoms with Gasteiger partial charge in [-0.25, -0.2) is 14.6 Å². The number of hydrogen-bond donors (Lipinski definition) is 1. The third kappa shape index (κ3) is 4.67. The zero-order valence-corrected chi connectivity index (χ0v) is 20.4. The van der Waals surface area contributed by atoms with Crippen molar-refractivity contribution in [3.8, 4) is 11.4 Å². The van der Waals surface area contributed by atoms with E-state index in [1.807, 2.05) is 53.3 Å². The Kier molecular flexibility index (Phi) is 6.94. The van der Waals surface area contributed by atoms with E-state index in [1.54, 1.807) is 26.6 Å². The molecule has 1 aliphatic rings. The van der Waals surface area contributed by atoms with E-state index in [4.69, 9.17) is 9.47 Å². The molecule has 10 nitrogen and oxygen atoms in total. The number of anilines is 2. The number of fused-ring (bicyclic) bond motifs is 1. The van der Waals surface area contributed by atoms with Crippen molar-refractivity contribution in [2.45, 2.75) is 0 Å². The second-order valence-corrected chi connectivity index (χ2v) is 8.44. The highest BCUT2D eigenvalue weighted by Crippen LogP contribution is 2.32. The first kappa shape index (κ1) is 23.6. The van der Waals surface area contributed by atoms with Crippen LogP contribution in [0.1, 0.15) is 10.4 Å². The molecule has 10 heteroatoms. The van der Waals surface area contributed by atoms with Gasteiger partial charge in [-0.1, -0.05) is 18.2 Å². The Morgan fingerprint density at radius 3 is 2.53 bits per heavy atom. The smallest absolute Gasteiger partial charge is 0.251 e. The van der Waals surface area contributed by atoms with Crippen LogP contribution in [0.25, 0.3) is 16.7 Å². The van der Waals surface area contributed by atoms with Gasteiger partial charge in [-0.15, -0.1) is 0 Å². The highest BCUT2D eigenvalue weighted by Gasteiger charge is 2.24. The molecule has 0 bridgehead atoms. The molecule has 1 N–H and O–H groups in total. The fourth-order valence-electron chi connectivity index (χ4n) is 4.45. The number of rotatable bonds is 8. The van der Waals surface area contributed by atoms with Gasteiger partial charge < -0.3 is 24.6 Å². The van der Waals surface area contributed by atoms with Gasteiger partial charge in [0, 0.05) is 45.4 Å². The predicted molar refractivity (Wildman–Crippen MR) is 138 cm³/mol. The van der Waals surface area contributed by atoms with E-state index >= 15 is 0 Å². The first-order valence-corrected chi connectivity index (χ1v) is 11.9. The van der Waals surface area contributed by atoms with Crippen LogP contribution in [0.2, 0.25) is 0 Å². The topological polar surface area (TPSA) is 97.6 Å². The maximum Gasteiger partial charge on any atom is 0.251 e. The number of para-hydroxylation sites is 1. The zero-order valence-electron chi connectivity index (χ0n) is 20.4. The van der Waals surface area contributed by atoms with Crippen LogP contribution in [-0.2, 0) is 4.74 Å². The number of nitrogens with zero attached hydrogens (tertiary/aromatic N) is 6. The van der Waals surface area contributed by atoms with Crippen LogP contribution < -0.4 is 19.9 Å². The number of methoxy groups -OCH3 is 2. The maximum atomic E-state index is 12.6. The summed E-state index contributed by atoms with van der Waals surface area (Å²) in [5.74, 6) is 1.49. The monoisotopic (exact) mass is 487 g/mol. The lowest BCUT2D eigenvalue weighted by Crippen LogP contribution is -2.47. The summed E-state index contributed by atoms with van der Waals surface area (Å²) in [6, 6.07) is 15.5. The van der Waals surface area contributed by atoms with Crippen molar-refractivity contribution < 1.29 is 14.3 Å². The highest BCUT2D eigenvalue weighted by molar-refractivity contribution is 5.95. The van der Waals surface area contributed by atoms with Crippen molar-refractivity contribution in [1.29, 1.82) is 0 Å². The summed E-state index contributed by atoms with van der Waals surface area (Å²) < 4.78 is 12.5. The van der Waals surface area contributed by atoms with Crippen LogP contribution in [0.5, 0.6) is 5.75 Å². The third-order valence-electron chi connectivity index (χ3n) is 6.30. The molecule has 186 valence electrons. The minimum Gasteiger partial charge on any atom is -0.495 e. The molecule has 0 aliphatic carbocycles. The van der Waals surface area contributed by atoms with Crippen molar-refractivity contribution in [2.24, 2.45) is 0 Å². The van der Waals surface area contributed by atoms with Crippen molar-refractivity contribution in [2.75, 3.05) is 63.4 Å². The summed E-state index contributed by atoms with van der Waals surface area (Å²) in [5.41, 5.74) is 3.24. The molecule has 4 aromatic rings. The Morgan fingerprint density at radius 1 is 1.00 bits per heavy atom. The van der Waals surface area contributed by atoms with E-state index in [0.29, 0.717) is 18.7 Å². The number of piperazine rings is 1. The zero-order chi connectivity index (χ0) is 24.9. The minimum atomic E-state index is -0.131. The van der Waals surface area contributed by atoms with Gasteiger partial charge in [0.1, 0.15) is 17.9 Å². The Morgan fingerprint density at radius 2 is 1.78 bits per heavy atom. The minimum absolute atomic E-state index is 0.131. The molecular formula is C26H29N7O3. The summed E-state index contributed by atoms with van der Waals surface area (Å²) in [6.45, 7) is 3.96. The number of carbonyl (C=O) groups is 1.